The SMILES string of the molecule is CCn1nc(C)c(C(=O)Nc2ccc(S(N)(=O)=O)cc2)c1C. The van der Waals surface area contributed by atoms with E-state index in [-0.39, 0.29) is 10.8 Å². The van der Waals surface area contributed by atoms with E-state index in [9.17, 15) is 13.2 Å². The number of rotatable bonds is 4. The predicted molar refractivity (Wildman–Crippen MR) is 83.1 cm³/mol. The Morgan fingerprint density at radius 1 is 1.27 bits per heavy atom. The third-order valence-corrected chi connectivity index (χ3v) is 4.28. The Labute approximate surface area is 129 Å². The fraction of sp³-hybridized carbons (Fsp3) is 0.286. The van der Waals surface area contributed by atoms with Gasteiger partial charge < -0.3 is 5.32 Å². The molecule has 0 aliphatic rings. The molecule has 0 aliphatic carbocycles. The maximum atomic E-state index is 12.4. The third-order valence-electron chi connectivity index (χ3n) is 3.35. The van der Waals surface area contributed by atoms with E-state index in [1.165, 1.54) is 24.3 Å². The number of hydrogen-bond donors (Lipinski definition) is 2. The van der Waals surface area contributed by atoms with Crippen molar-refractivity contribution in [2.24, 2.45) is 5.14 Å². The first-order valence-electron chi connectivity index (χ1n) is 6.72. The zero-order chi connectivity index (χ0) is 16.5. The van der Waals surface area contributed by atoms with Gasteiger partial charge in [-0.05, 0) is 45.0 Å². The fourth-order valence-corrected chi connectivity index (χ4v) is 2.77. The number of amides is 1. The number of aryl methyl sites for hydroxylation is 2. The number of hydrogen-bond acceptors (Lipinski definition) is 4. The Bertz CT molecular complexity index is 807. The highest BCUT2D eigenvalue weighted by Gasteiger charge is 2.18. The summed E-state index contributed by atoms with van der Waals surface area (Å²) in [5, 5.41) is 12.1. The Kier molecular flexibility index (Phi) is 4.34. The van der Waals surface area contributed by atoms with Crippen LogP contribution in [0.2, 0.25) is 0 Å². The van der Waals surface area contributed by atoms with E-state index < -0.39 is 10.0 Å². The normalized spacial score (nSPS) is 11.5. The Hall–Kier alpha value is -2.19. The van der Waals surface area contributed by atoms with Crippen LogP contribution in [0.4, 0.5) is 5.69 Å². The standard InChI is InChI=1S/C14H18N4O3S/c1-4-18-10(3)13(9(2)17-18)14(19)16-11-5-7-12(8-6-11)22(15,20)21/h5-8H,4H2,1-3H3,(H,16,19)(H2,15,20,21). The summed E-state index contributed by atoms with van der Waals surface area (Å²) < 4.78 is 24.1. The minimum absolute atomic E-state index is 0.00309. The average molecular weight is 322 g/mol. The topological polar surface area (TPSA) is 107 Å². The van der Waals surface area contributed by atoms with Crippen LogP contribution >= 0.6 is 0 Å². The molecule has 118 valence electrons. The summed E-state index contributed by atoms with van der Waals surface area (Å²) in [6.07, 6.45) is 0. The van der Waals surface area contributed by atoms with Crippen LogP contribution in [0.3, 0.4) is 0 Å². The van der Waals surface area contributed by atoms with E-state index >= 15 is 0 Å². The first-order chi connectivity index (χ1) is 10.2. The second kappa shape index (κ2) is 5.90. The van der Waals surface area contributed by atoms with E-state index in [4.69, 9.17) is 5.14 Å². The number of aromatic nitrogens is 2. The summed E-state index contributed by atoms with van der Waals surface area (Å²) in [6.45, 7) is 6.25. The highest BCUT2D eigenvalue weighted by Crippen LogP contribution is 2.17. The molecule has 2 rings (SSSR count). The van der Waals surface area contributed by atoms with E-state index in [2.05, 4.69) is 10.4 Å². The predicted octanol–water partition coefficient (Wildman–Crippen LogP) is 1.42. The summed E-state index contributed by atoms with van der Waals surface area (Å²) >= 11 is 0. The molecule has 7 nitrogen and oxygen atoms in total. The van der Waals surface area contributed by atoms with Crippen LogP contribution in [0.15, 0.2) is 29.2 Å². The number of anilines is 1. The van der Waals surface area contributed by atoms with Crippen molar-refractivity contribution in [2.45, 2.75) is 32.2 Å². The highest BCUT2D eigenvalue weighted by atomic mass is 32.2. The third kappa shape index (κ3) is 3.18. The number of nitrogens with zero attached hydrogens (tertiary/aromatic N) is 2. The number of benzene rings is 1. The molecule has 0 saturated carbocycles. The molecule has 1 heterocycles. The molecule has 22 heavy (non-hydrogen) atoms. The molecule has 0 saturated heterocycles. The van der Waals surface area contributed by atoms with Crippen LogP contribution in [0, 0.1) is 13.8 Å². The zero-order valence-corrected chi connectivity index (χ0v) is 13.4. The molecule has 0 unspecified atom stereocenters. The van der Waals surface area contributed by atoms with Crippen molar-refractivity contribution < 1.29 is 13.2 Å². The van der Waals surface area contributed by atoms with E-state index in [1.54, 1.807) is 11.6 Å². The average Bonchev–Trinajstić information content (AvgIpc) is 2.72. The number of nitrogens with two attached hydrogens (primary N) is 1. The Morgan fingerprint density at radius 3 is 2.32 bits per heavy atom. The lowest BCUT2D eigenvalue weighted by molar-refractivity contribution is 0.102. The van der Waals surface area contributed by atoms with Gasteiger partial charge >= 0.3 is 0 Å². The second-order valence-electron chi connectivity index (χ2n) is 4.89. The summed E-state index contributed by atoms with van der Waals surface area (Å²) in [4.78, 5) is 12.4. The second-order valence-corrected chi connectivity index (χ2v) is 6.45. The smallest absolute Gasteiger partial charge is 0.259 e. The van der Waals surface area contributed by atoms with Crippen molar-refractivity contribution in [3.63, 3.8) is 0 Å². The number of nitrogens with one attached hydrogen (secondary N) is 1. The number of primary sulfonamides is 1. The van der Waals surface area contributed by atoms with E-state index in [1.807, 2.05) is 13.8 Å². The molecule has 1 aromatic heterocycles. The molecule has 0 atom stereocenters. The van der Waals surface area contributed by atoms with Gasteiger partial charge in [-0.1, -0.05) is 0 Å². The zero-order valence-electron chi connectivity index (χ0n) is 12.6. The quantitative estimate of drug-likeness (QED) is 0.887. The van der Waals surface area contributed by atoms with Crippen molar-refractivity contribution in [1.82, 2.24) is 9.78 Å². The van der Waals surface area contributed by atoms with Crippen LogP contribution < -0.4 is 10.5 Å². The van der Waals surface area contributed by atoms with Crippen molar-refractivity contribution in [3.8, 4) is 0 Å². The first-order valence-corrected chi connectivity index (χ1v) is 8.27. The highest BCUT2D eigenvalue weighted by molar-refractivity contribution is 7.89. The van der Waals surface area contributed by atoms with Gasteiger partial charge in [0.1, 0.15) is 0 Å². The van der Waals surface area contributed by atoms with Crippen LogP contribution in [0.5, 0.6) is 0 Å². The molecule has 0 aliphatic heterocycles. The minimum atomic E-state index is -3.74. The number of carbonyl (C=O) groups excluding carboxylic acids is 1. The first kappa shape index (κ1) is 16.2. The van der Waals surface area contributed by atoms with Crippen molar-refractivity contribution in [2.75, 3.05) is 5.32 Å². The fourth-order valence-electron chi connectivity index (χ4n) is 2.25. The minimum Gasteiger partial charge on any atom is -0.322 e. The Balaban J connectivity index is 2.24. The van der Waals surface area contributed by atoms with Gasteiger partial charge in [0, 0.05) is 17.9 Å². The lowest BCUT2D eigenvalue weighted by Crippen LogP contribution is -2.15. The van der Waals surface area contributed by atoms with E-state index in [0.717, 1.165) is 5.69 Å². The molecular formula is C14H18N4O3S. The molecular weight excluding hydrogens is 304 g/mol. The van der Waals surface area contributed by atoms with Crippen LogP contribution in [-0.2, 0) is 16.6 Å². The van der Waals surface area contributed by atoms with Crippen molar-refractivity contribution in [3.05, 3.63) is 41.2 Å². The molecule has 1 aromatic carbocycles. The van der Waals surface area contributed by atoms with Gasteiger partial charge in [0.25, 0.3) is 5.91 Å². The number of carbonyl (C=O) groups is 1. The summed E-state index contributed by atoms with van der Waals surface area (Å²) in [5.41, 5.74) is 2.45. The molecule has 0 spiro atoms. The van der Waals surface area contributed by atoms with E-state index in [0.29, 0.717) is 23.5 Å². The maximum absolute atomic E-state index is 12.4. The van der Waals surface area contributed by atoms with Crippen LogP contribution in [-0.4, -0.2) is 24.1 Å². The monoisotopic (exact) mass is 322 g/mol. The van der Waals surface area contributed by atoms with Crippen molar-refractivity contribution in [1.29, 1.82) is 0 Å². The summed E-state index contributed by atoms with van der Waals surface area (Å²) in [7, 11) is -3.74. The molecule has 1 amide bonds. The molecule has 3 N–H and O–H groups in total. The van der Waals surface area contributed by atoms with Crippen LogP contribution in [0.1, 0.15) is 28.7 Å². The van der Waals surface area contributed by atoms with Crippen molar-refractivity contribution >= 4 is 21.6 Å². The largest absolute Gasteiger partial charge is 0.322 e. The maximum Gasteiger partial charge on any atom is 0.259 e. The molecule has 8 heteroatoms. The van der Waals surface area contributed by atoms with Crippen LogP contribution in [0.25, 0.3) is 0 Å². The summed E-state index contributed by atoms with van der Waals surface area (Å²) in [5.74, 6) is -0.280. The van der Waals surface area contributed by atoms with Gasteiger partial charge in [0.2, 0.25) is 10.0 Å². The lowest BCUT2D eigenvalue weighted by Gasteiger charge is -2.07. The van der Waals surface area contributed by atoms with Gasteiger partial charge in [-0.25, -0.2) is 13.6 Å². The van der Waals surface area contributed by atoms with Gasteiger partial charge in [-0.3, -0.25) is 9.48 Å². The van der Waals surface area contributed by atoms with Gasteiger partial charge in [-0.15, -0.1) is 0 Å². The lowest BCUT2D eigenvalue weighted by atomic mass is 10.2. The Morgan fingerprint density at radius 2 is 1.86 bits per heavy atom. The van der Waals surface area contributed by atoms with Gasteiger partial charge in [-0.2, -0.15) is 5.10 Å². The molecule has 0 bridgehead atoms. The summed E-state index contributed by atoms with van der Waals surface area (Å²) in [6, 6.07) is 5.68. The molecule has 2 aromatic rings. The van der Waals surface area contributed by atoms with Gasteiger partial charge in [0.05, 0.1) is 16.2 Å². The van der Waals surface area contributed by atoms with Gasteiger partial charge in [0.15, 0.2) is 0 Å². The molecule has 0 radical (unpaired) electrons. The molecule has 0 fully saturated rings. The number of sulfonamides is 1.